The van der Waals surface area contributed by atoms with Gasteiger partial charge in [0.15, 0.2) is 0 Å². The maximum atomic E-state index is 10.2. The number of nitrogens with zero attached hydrogens (tertiary/aromatic N) is 2. The maximum Gasteiger partial charge on any atom is 0.128 e. The van der Waals surface area contributed by atoms with Gasteiger partial charge in [-0.25, -0.2) is 4.98 Å². The fraction of sp³-hybridized carbons (Fsp3) is 0.688. The van der Waals surface area contributed by atoms with Gasteiger partial charge in [-0.05, 0) is 38.8 Å². The molecule has 1 N–H and O–H groups in total. The van der Waals surface area contributed by atoms with Crippen LogP contribution in [0.4, 0.5) is 5.82 Å². The Morgan fingerprint density at radius 1 is 1.40 bits per heavy atom. The minimum Gasteiger partial charge on any atom is -0.392 e. The molecule has 1 aliphatic heterocycles. The Labute approximate surface area is 120 Å². The normalized spacial score (nSPS) is 28.4. The van der Waals surface area contributed by atoms with E-state index in [2.05, 4.69) is 22.0 Å². The Hall–Kier alpha value is -1.13. The summed E-state index contributed by atoms with van der Waals surface area (Å²) < 4.78 is 5.81. The largest absolute Gasteiger partial charge is 0.392 e. The molecule has 1 aromatic heterocycles. The number of aliphatic hydroxyl groups excluding tert-OH is 1. The zero-order chi connectivity index (χ0) is 14.2. The van der Waals surface area contributed by atoms with Crippen molar-refractivity contribution in [1.82, 2.24) is 4.98 Å². The van der Waals surface area contributed by atoms with Crippen LogP contribution in [0.3, 0.4) is 0 Å². The van der Waals surface area contributed by atoms with Crippen LogP contribution < -0.4 is 4.90 Å². The summed E-state index contributed by atoms with van der Waals surface area (Å²) >= 11 is 0. The molecule has 1 saturated carbocycles. The number of hydrogen-bond donors (Lipinski definition) is 1. The molecule has 1 aromatic rings. The van der Waals surface area contributed by atoms with Gasteiger partial charge in [0.1, 0.15) is 5.82 Å². The third-order valence-corrected chi connectivity index (χ3v) is 5.00. The van der Waals surface area contributed by atoms with Gasteiger partial charge in [0.2, 0.25) is 0 Å². The van der Waals surface area contributed by atoms with Gasteiger partial charge >= 0.3 is 0 Å². The predicted octanol–water partition coefficient (Wildman–Crippen LogP) is 2.15. The smallest absolute Gasteiger partial charge is 0.128 e. The van der Waals surface area contributed by atoms with E-state index in [1.165, 1.54) is 0 Å². The van der Waals surface area contributed by atoms with E-state index in [-0.39, 0.29) is 17.6 Å². The van der Waals surface area contributed by atoms with Crippen molar-refractivity contribution in [3.8, 4) is 0 Å². The fourth-order valence-electron chi connectivity index (χ4n) is 3.67. The van der Waals surface area contributed by atoms with E-state index in [1.807, 2.05) is 19.9 Å². The summed E-state index contributed by atoms with van der Waals surface area (Å²) in [5, 5.41) is 10.2. The molecule has 2 atom stereocenters. The van der Waals surface area contributed by atoms with Crippen LogP contribution in [0.2, 0.25) is 0 Å². The van der Waals surface area contributed by atoms with Crippen molar-refractivity contribution in [2.45, 2.75) is 45.3 Å². The molecule has 2 fully saturated rings. The number of aliphatic hydroxyl groups is 1. The first-order valence-electron chi connectivity index (χ1n) is 7.64. The zero-order valence-electron chi connectivity index (χ0n) is 12.4. The van der Waals surface area contributed by atoms with E-state index >= 15 is 0 Å². The lowest BCUT2D eigenvalue weighted by Gasteiger charge is -2.56. The lowest BCUT2D eigenvalue weighted by Crippen LogP contribution is -2.62. The van der Waals surface area contributed by atoms with Crippen molar-refractivity contribution in [3.05, 3.63) is 23.9 Å². The van der Waals surface area contributed by atoms with Crippen molar-refractivity contribution >= 4 is 5.82 Å². The van der Waals surface area contributed by atoms with Gasteiger partial charge < -0.3 is 14.7 Å². The molecule has 0 amide bonds. The van der Waals surface area contributed by atoms with Gasteiger partial charge in [0, 0.05) is 37.2 Å². The second kappa shape index (κ2) is 5.34. The number of anilines is 1. The molecule has 3 rings (SSSR count). The molecule has 2 aliphatic rings. The van der Waals surface area contributed by atoms with Gasteiger partial charge in [-0.2, -0.15) is 0 Å². The lowest BCUT2D eigenvalue weighted by molar-refractivity contribution is -0.199. The highest BCUT2D eigenvalue weighted by molar-refractivity contribution is 5.40. The summed E-state index contributed by atoms with van der Waals surface area (Å²) in [5.74, 6) is 1.06. The average molecular weight is 276 g/mol. The second-order valence-electron chi connectivity index (χ2n) is 6.05. The number of aromatic nitrogens is 1. The standard InChI is InChI=1S/C16H24N2O2/c1-3-20-14-11-13(19)16(14)7-9-18(10-8-16)15-6-4-5-12(2)17-15/h4-6,13-14,19H,3,7-11H2,1-2H3. The first-order valence-corrected chi connectivity index (χ1v) is 7.64. The van der Waals surface area contributed by atoms with Crippen molar-refractivity contribution in [2.75, 3.05) is 24.6 Å². The van der Waals surface area contributed by atoms with Crippen LogP contribution in [-0.4, -0.2) is 42.0 Å². The number of piperidine rings is 1. The first kappa shape index (κ1) is 13.8. The Morgan fingerprint density at radius 3 is 2.75 bits per heavy atom. The molecule has 20 heavy (non-hydrogen) atoms. The van der Waals surface area contributed by atoms with Gasteiger partial charge in [-0.15, -0.1) is 0 Å². The average Bonchev–Trinajstić information content (AvgIpc) is 2.47. The van der Waals surface area contributed by atoms with E-state index in [1.54, 1.807) is 0 Å². The molecule has 2 heterocycles. The number of pyridine rings is 1. The van der Waals surface area contributed by atoms with Crippen LogP contribution in [-0.2, 0) is 4.74 Å². The summed E-state index contributed by atoms with van der Waals surface area (Å²) in [6.45, 7) is 6.70. The lowest BCUT2D eigenvalue weighted by atomic mass is 9.58. The minimum atomic E-state index is -0.188. The van der Waals surface area contributed by atoms with Crippen LogP contribution >= 0.6 is 0 Å². The molecule has 1 spiro atoms. The van der Waals surface area contributed by atoms with Gasteiger partial charge in [-0.3, -0.25) is 0 Å². The van der Waals surface area contributed by atoms with Crippen molar-refractivity contribution in [1.29, 1.82) is 0 Å². The molecule has 4 nitrogen and oxygen atoms in total. The zero-order valence-corrected chi connectivity index (χ0v) is 12.4. The molecule has 0 aromatic carbocycles. The second-order valence-corrected chi connectivity index (χ2v) is 6.05. The molecular weight excluding hydrogens is 252 g/mol. The SMILES string of the molecule is CCOC1CC(O)C12CCN(c1cccc(C)n1)CC2. The summed E-state index contributed by atoms with van der Waals surface area (Å²) in [5.41, 5.74) is 1.05. The molecule has 110 valence electrons. The molecule has 1 saturated heterocycles. The van der Waals surface area contributed by atoms with Crippen molar-refractivity contribution in [3.63, 3.8) is 0 Å². The molecule has 2 unspecified atom stereocenters. The Bertz CT molecular complexity index is 467. The first-order chi connectivity index (χ1) is 9.65. The van der Waals surface area contributed by atoms with Gasteiger partial charge in [0.25, 0.3) is 0 Å². The van der Waals surface area contributed by atoms with Crippen LogP contribution in [0.1, 0.15) is 31.9 Å². The maximum absolute atomic E-state index is 10.2. The van der Waals surface area contributed by atoms with Crippen LogP contribution in [0, 0.1) is 12.3 Å². The highest BCUT2D eigenvalue weighted by Crippen LogP contribution is 2.51. The quantitative estimate of drug-likeness (QED) is 0.919. The number of ether oxygens (including phenoxy) is 1. The predicted molar refractivity (Wildman–Crippen MR) is 78.9 cm³/mol. The molecule has 0 radical (unpaired) electrons. The number of rotatable bonds is 3. The van der Waals surface area contributed by atoms with Gasteiger partial charge in [0.05, 0.1) is 12.2 Å². The Balaban J connectivity index is 1.67. The number of hydrogen-bond acceptors (Lipinski definition) is 4. The monoisotopic (exact) mass is 276 g/mol. The summed E-state index contributed by atoms with van der Waals surface area (Å²) in [6, 6.07) is 6.15. The topological polar surface area (TPSA) is 45.6 Å². The van der Waals surface area contributed by atoms with Crippen LogP contribution in [0.25, 0.3) is 0 Å². The van der Waals surface area contributed by atoms with Crippen LogP contribution in [0.5, 0.6) is 0 Å². The highest BCUT2D eigenvalue weighted by atomic mass is 16.5. The fourth-order valence-corrected chi connectivity index (χ4v) is 3.67. The van der Waals surface area contributed by atoms with E-state index in [0.29, 0.717) is 0 Å². The molecule has 1 aliphatic carbocycles. The third-order valence-electron chi connectivity index (χ3n) is 5.00. The summed E-state index contributed by atoms with van der Waals surface area (Å²) in [7, 11) is 0. The van der Waals surface area contributed by atoms with E-state index in [4.69, 9.17) is 4.74 Å². The van der Waals surface area contributed by atoms with E-state index < -0.39 is 0 Å². The van der Waals surface area contributed by atoms with Crippen molar-refractivity contribution in [2.24, 2.45) is 5.41 Å². The summed E-state index contributed by atoms with van der Waals surface area (Å²) in [4.78, 5) is 6.92. The minimum absolute atomic E-state index is 0.00364. The Kier molecular flexibility index (Phi) is 3.69. The van der Waals surface area contributed by atoms with Gasteiger partial charge in [-0.1, -0.05) is 6.07 Å². The van der Waals surface area contributed by atoms with E-state index in [0.717, 1.165) is 50.5 Å². The molecule has 4 heteroatoms. The molecular formula is C16H24N2O2. The third kappa shape index (κ3) is 2.21. The number of aryl methyl sites for hydroxylation is 1. The summed E-state index contributed by atoms with van der Waals surface area (Å²) in [6.07, 6.45) is 2.85. The van der Waals surface area contributed by atoms with Crippen molar-refractivity contribution < 1.29 is 9.84 Å². The van der Waals surface area contributed by atoms with Crippen LogP contribution in [0.15, 0.2) is 18.2 Å². The Morgan fingerprint density at radius 2 is 2.15 bits per heavy atom. The highest BCUT2D eigenvalue weighted by Gasteiger charge is 2.56. The molecule has 0 bridgehead atoms. The van der Waals surface area contributed by atoms with E-state index in [9.17, 15) is 5.11 Å².